The predicted molar refractivity (Wildman–Crippen MR) is 104 cm³/mol. The van der Waals surface area contributed by atoms with Crippen LogP contribution in [0.3, 0.4) is 0 Å². The fourth-order valence-corrected chi connectivity index (χ4v) is 4.80. The van der Waals surface area contributed by atoms with Crippen LogP contribution in [0, 0.1) is 0 Å². The molecule has 2 aromatic rings. The lowest BCUT2D eigenvalue weighted by molar-refractivity contribution is -0.139. The maximum atomic E-state index is 12.8. The van der Waals surface area contributed by atoms with Crippen molar-refractivity contribution in [1.82, 2.24) is 10.6 Å². The first-order valence-corrected chi connectivity index (χ1v) is 9.41. The molecule has 7 nitrogen and oxygen atoms in total. The van der Waals surface area contributed by atoms with Crippen molar-refractivity contribution in [1.29, 1.82) is 0 Å². The second-order valence-corrected chi connectivity index (χ2v) is 8.82. The van der Waals surface area contributed by atoms with Crippen molar-refractivity contribution in [2.24, 2.45) is 0 Å². The molecule has 8 heteroatoms. The lowest BCUT2D eigenvalue weighted by Gasteiger charge is -2.24. The van der Waals surface area contributed by atoms with E-state index in [4.69, 9.17) is 0 Å². The van der Waals surface area contributed by atoms with Crippen molar-refractivity contribution in [3.63, 3.8) is 0 Å². The molecule has 0 aliphatic carbocycles. The molecule has 0 radical (unpaired) electrons. The van der Waals surface area contributed by atoms with Crippen LogP contribution >= 0.6 is 11.8 Å². The highest BCUT2D eigenvalue weighted by Gasteiger charge is 2.47. The third-order valence-corrected chi connectivity index (χ3v) is 6.28. The van der Waals surface area contributed by atoms with E-state index in [1.165, 1.54) is 17.8 Å². The van der Waals surface area contributed by atoms with Gasteiger partial charge in [0, 0.05) is 4.75 Å². The van der Waals surface area contributed by atoms with Gasteiger partial charge < -0.3 is 20.6 Å². The van der Waals surface area contributed by atoms with E-state index in [0.717, 1.165) is 5.39 Å². The number of carbonyl (C=O) groups excluding carboxylic acids is 1. The molecule has 0 aromatic heterocycles. The molecule has 1 amide bonds. The van der Waals surface area contributed by atoms with Crippen molar-refractivity contribution in [3.05, 3.63) is 42.0 Å². The van der Waals surface area contributed by atoms with Gasteiger partial charge in [0.2, 0.25) is 0 Å². The van der Waals surface area contributed by atoms with E-state index in [1.807, 2.05) is 12.1 Å². The van der Waals surface area contributed by atoms with E-state index < -0.39 is 34.1 Å². The molecular weight excluding hydrogens is 368 g/mol. The molecule has 1 heterocycles. The smallest absolute Gasteiger partial charge is 0.322 e. The van der Waals surface area contributed by atoms with Crippen molar-refractivity contribution in [2.45, 2.75) is 36.1 Å². The highest BCUT2D eigenvalue weighted by Crippen LogP contribution is 2.39. The number of fused-ring (bicyclic) bond motifs is 1. The number of aliphatic carboxylic acids is 1. The van der Waals surface area contributed by atoms with Crippen molar-refractivity contribution in [2.75, 3.05) is 6.61 Å². The zero-order valence-corrected chi connectivity index (χ0v) is 15.8. The monoisotopic (exact) mass is 390 g/mol. The van der Waals surface area contributed by atoms with Gasteiger partial charge in [-0.1, -0.05) is 30.3 Å². The first kappa shape index (κ1) is 19.5. The van der Waals surface area contributed by atoms with Gasteiger partial charge in [-0.2, -0.15) is 0 Å². The minimum Gasteiger partial charge on any atom is -0.507 e. The number of carboxylic acids is 1. The minimum atomic E-state index is -0.982. The molecule has 3 unspecified atom stereocenters. The van der Waals surface area contributed by atoms with Crippen LogP contribution in [-0.2, 0) is 4.79 Å². The molecule has 0 saturated carbocycles. The van der Waals surface area contributed by atoms with Gasteiger partial charge >= 0.3 is 5.97 Å². The molecule has 3 rings (SSSR count). The highest BCUT2D eigenvalue weighted by atomic mass is 32.2. The van der Waals surface area contributed by atoms with Crippen LogP contribution in [-0.4, -0.2) is 56.0 Å². The number of phenols is 1. The van der Waals surface area contributed by atoms with Gasteiger partial charge in [0.15, 0.2) is 0 Å². The molecule has 144 valence electrons. The zero-order valence-electron chi connectivity index (χ0n) is 15.0. The van der Waals surface area contributed by atoms with E-state index in [-0.39, 0.29) is 17.9 Å². The van der Waals surface area contributed by atoms with Gasteiger partial charge in [0.1, 0.15) is 11.8 Å². The van der Waals surface area contributed by atoms with Crippen LogP contribution in [0.2, 0.25) is 0 Å². The van der Waals surface area contributed by atoms with Gasteiger partial charge in [-0.05, 0) is 30.7 Å². The molecular formula is C19H22N2O5S. The summed E-state index contributed by atoms with van der Waals surface area (Å²) in [7, 11) is 0. The molecule has 2 aromatic carbocycles. The Kier molecular flexibility index (Phi) is 5.32. The average molecular weight is 390 g/mol. The Bertz CT molecular complexity index is 886. The SMILES string of the molecule is CC1(C)SC(C(CO)NC(=O)c2c(O)ccc3ccccc23)NC1C(=O)O. The van der Waals surface area contributed by atoms with Crippen molar-refractivity contribution in [3.8, 4) is 5.75 Å². The summed E-state index contributed by atoms with van der Waals surface area (Å²) in [5.74, 6) is -1.66. The number of hydrogen-bond acceptors (Lipinski definition) is 6. The Hall–Kier alpha value is -2.29. The lowest BCUT2D eigenvalue weighted by Crippen LogP contribution is -2.52. The number of hydrogen-bond donors (Lipinski definition) is 5. The number of aromatic hydroxyl groups is 1. The van der Waals surface area contributed by atoms with Gasteiger partial charge in [0.25, 0.3) is 5.91 Å². The summed E-state index contributed by atoms with van der Waals surface area (Å²) >= 11 is 1.35. The van der Waals surface area contributed by atoms with Crippen LogP contribution in [0.25, 0.3) is 10.8 Å². The Morgan fingerprint density at radius 2 is 1.96 bits per heavy atom. The van der Waals surface area contributed by atoms with Crippen LogP contribution in [0.4, 0.5) is 0 Å². The molecule has 1 saturated heterocycles. The highest BCUT2D eigenvalue weighted by molar-refractivity contribution is 8.01. The topological polar surface area (TPSA) is 119 Å². The number of thioether (sulfide) groups is 1. The number of phenolic OH excluding ortho intramolecular Hbond substituents is 1. The number of carboxylic acid groups (broad SMARTS) is 1. The zero-order chi connectivity index (χ0) is 19.8. The Labute approximate surface area is 160 Å². The molecule has 0 bridgehead atoms. The van der Waals surface area contributed by atoms with Crippen molar-refractivity contribution < 1.29 is 24.9 Å². The minimum absolute atomic E-state index is 0.128. The van der Waals surface area contributed by atoms with Crippen LogP contribution in [0.5, 0.6) is 5.75 Å². The maximum absolute atomic E-state index is 12.8. The number of benzene rings is 2. The number of aliphatic hydroxyl groups is 1. The van der Waals surface area contributed by atoms with E-state index in [0.29, 0.717) is 5.39 Å². The Morgan fingerprint density at radius 3 is 2.59 bits per heavy atom. The summed E-state index contributed by atoms with van der Waals surface area (Å²) in [6.07, 6.45) is 0. The normalized spacial score (nSPS) is 22.5. The number of carbonyl (C=O) groups is 2. The van der Waals surface area contributed by atoms with E-state index in [9.17, 15) is 24.9 Å². The Morgan fingerprint density at radius 1 is 1.26 bits per heavy atom. The largest absolute Gasteiger partial charge is 0.507 e. The lowest BCUT2D eigenvalue weighted by atomic mass is 10.0. The quantitative estimate of drug-likeness (QED) is 0.525. The standard InChI is InChI=1S/C19H22N2O5S/c1-19(2)15(18(25)26)21-17(27-19)12(9-22)20-16(24)14-11-6-4-3-5-10(11)7-8-13(14)23/h3-8,12,15,17,21-23H,9H2,1-2H3,(H,20,24)(H,25,26). The van der Waals surface area contributed by atoms with Crippen molar-refractivity contribution >= 4 is 34.4 Å². The fourth-order valence-electron chi connectivity index (χ4n) is 3.32. The fraction of sp³-hybridized carbons (Fsp3) is 0.368. The van der Waals surface area contributed by atoms with Gasteiger partial charge in [-0.3, -0.25) is 14.9 Å². The number of rotatable bonds is 5. The summed E-state index contributed by atoms with van der Waals surface area (Å²) in [5, 5.41) is 36.0. The van der Waals surface area contributed by atoms with E-state index in [1.54, 1.807) is 32.0 Å². The number of nitrogens with one attached hydrogen (secondary N) is 2. The summed E-state index contributed by atoms with van der Waals surface area (Å²) in [5.41, 5.74) is 0.128. The van der Waals surface area contributed by atoms with Gasteiger partial charge in [-0.25, -0.2) is 0 Å². The molecule has 1 fully saturated rings. The summed E-state index contributed by atoms with van der Waals surface area (Å²) in [4.78, 5) is 24.3. The molecule has 1 aliphatic heterocycles. The second-order valence-electron chi connectivity index (χ2n) is 7.02. The molecule has 1 aliphatic rings. The molecule has 5 N–H and O–H groups in total. The first-order valence-electron chi connectivity index (χ1n) is 8.53. The van der Waals surface area contributed by atoms with Gasteiger partial charge in [-0.15, -0.1) is 11.8 Å². The molecule has 27 heavy (non-hydrogen) atoms. The second kappa shape index (κ2) is 7.38. The van der Waals surface area contributed by atoms with Crippen LogP contribution < -0.4 is 10.6 Å². The maximum Gasteiger partial charge on any atom is 0.322 e. The van der Waals surface area contributed by atoms with E-state index >= 15 is 0 Å². The summed E-state index contributed by atoms with van der Waals surface area (Å²) in [6.45, 7) is 3.23. The number of aliphatic hydroxyl groups excluding tert-OH is 1. The van der Waals surface area contributed by atoms with E-state index in [2.05, 4.69) is 10.6 Å². The van der Waals surface area contributed by atoms with Crippen LogP contribution in [0.15, 0.2) is 36.4 Å². The predicted octanol–water partition coefficient (Wildman–Crippen LogP) is 1.53. The van der Waals surface area contributed by atoms with Crippen LogP contribution in [0.1, 0.15) is 24.2 Å². The molecule has 0 spiro atoms. The number of amides is 1. The molecule has 3 atom stereocenters. The average Bonchev–Trinajstić information content (AvgIpc) is 2.94. The van der Waals surface area contributed by atoms with Gasteiger partial charge in [0.05, 0.1) is 23.6 Å². The summed E-state index contributed by atoms with van der Waals surface area (Å²) in [6, 6.07) is 8.85. The third-order valence-electron chi connectivity index (χ3n) is 4.72. The Balaban J connectivity index is 1.85. The third kappa shape index (κ3) is 3.73. The summed E-state index contributed by atoms with van der Waals surface area (Å²) < 4.78 is -0.601. The first-order chi connectivity index (χ1) is 12.7.